The summed E-state index contributed by atoms with van der Waals surface area (Å²) in [7, 11) is 1.86. The normalized spacial score (nSPS) is 15.6. The lowest BCUT2D eigenvalue weighted by atomic mass is 9.84. The zero-order chi connectivity index (χ0) is 12.5. The average Bonchev–Trinajstić information content (AvgIpc) is 2.68. The van der Waals surface area contributed by atoms with Gasteiger partial charge in [0.1, 0.15) is 5.82 Å². The lowest BCUT2D eigenvalue weighted by molar-refractivity contribution is -0.137. The summed E-state index contributed by atoms with van der Waals surface area (Å²) in [6.45, 7) is 0.560. The molecule has 1 fully saturated rings. The van der Waals surface area contributed by atoms with E-state index < -0.39 is 0 Å². The molecule has 18 heavy (non-hydrogen) atoms. The van der Waals surface area contributed by atoms with Gasteiger partial charge in [0, 0.05) is 13.0 Å². The second-order valence-electron chi connectivity index (χ2n) is 5.02. The number of carbonyl (C=O) groups is 1. The molecule has 3 rings (SSSR count). The van der Waals surface area contributed by atoms with Gasteiger partial charge in [0.25, 0.3) is 0 Å². The molecule has 1 amide bonds. The number of hydrogen-bond donors (Lipinski definition) is 1. The summed E-state index contributed by atoms with van der Waals surface area (Å²) in [5.74, 6) is 1.35. The molecule has 1 N–H and O–H groups in total. The van der Waals surface area contributed by atoms with Crippen LogP contribution in [-0.4, -0.2) is 27.8 Å². The molecule has 0 spiro atoms. The van der Waals surface area contributed by atoms with E-state index in [0.717, 1.165) is 29.7 Å². The molecule has 0 unspecified atom stereocenters. The first-order chi connectivity index (χ1) is 8.74. The van der Waals surface area contributed by atoms with Crippen molar-refractivity contribution in [2.24, 2.45) is 5.92 Å². The number of amides is 1. The maximum absolute atomic E-state index is 12.0. The van der Waals surface area contributed by atoms with Crippen molar-refractivity contribution in [1.29, 1.82) is 0 Å². The average molecular weight is 243 g/mol. The topological polar surface area (TPSA) is 49.0 Å². The highest BCUT2D eigenvalue weighted by molar-refractivity contribution is 5.79. The van der Waals surface area contributed by atoms with Crippen molar-refractivity contribution in [3.05, 3.63) is 30.1 Å². The third-order valence-corrected chi connectivity index (χ3v) is 3.66. The first-order valence-corrected chi connectivity index (χ1v) is 6.42. The zero-order valence-electron chi connectivity index (χ0n) is 10.5. The van der Waals surface area contributed by atoms with Gasteiger partial charge in [0.2, 0.25) is 5.91 Å². The predicted octanol–water partition coefficient (Wildman–Crippen LogP) is 2.32. The number of para-hydroxylation sites is 2. The number of nitrogens with zero attached hydrogens (tertiary/aromatic N) is 2. The smallest absolute Gasteiger partial charge is 0.225 e. The molecular formula is C14H17N3O. The molecule has 1 aliphatic rings. The number of rotatable bonds is 3. The molecule has 0 saturated heterocycles. The van der Waals surface area contributed by atoms with Gasteiger partial charge in [-0.15, -0.1) is 0 Å². The standard InChI is InChI=1S/C14H17N3O/c1-17(14(18)10-5-4-6-10)9-13-15-11-7-2-3-8-12(11)16-13/h2-3,7-8,10H,4-6,9H2,1H3,(H,15,16). The van der Waals surface area contributed by atoms with Crippen molar-refractivity contribution in [3.63, 3.8) is 0 Å². The fourth-order valence-corrected chi connectivity index (χ4v) is 2.35. The van der Waals surface area contributed by atoms with Gasteiger partial charge in [-0.2, -0.15) is 0 Å². The fourth-order valence-electron chi connectivity index (χ4n) is 2.35. The first kappa shape index (κ1) is 11.3. The minimum atomic E-state index is 0.249. The molecule has 94 valence electrons. The molecule has 1 heterocycles. The largest absolute Gasteiger partial charge is 0.340 e. The van der Waals surface area contributed by atoms with Crippen LogP contribution in [0.4, 0.5) is 0 Å². The van der Waals surface area contributed by atoms with E-state index in [-0.39, 0.29) is 11.8 Å². The Morgan fingerprint density at radius 3 is 2.89 bits per heavy atom. The van der Waals surface area contributed by atoms with Crippen LogP contribution in [0, 0.1) is 5.92 Å². The van der Waals surface area contributed by atoms with E-state index in [1.165, 1.54) is 6.42 Å². The Morgan fingerprint density at radius 1 is 1.44 bits per heavy atom. The lowest BCUT2D eigenvalue weighted by Gasteiger charge is -2.28. The van der Waals surface area contributed by atoms with Gasteiger partial charge >= 0.3 is 0 Å². The van der Waals surface area contributed by atoms with E-state index in [1.807, 2.05) is 31.3 Å². The summed E-state index contributed by atoms with van der Waals surface area (Å²) in [4.78, 5) is 21.5. The van der Waals surface area contributed by atoms with Crippen LogP contribution in [0.25, 0.3) is 11.0 Å². The van der Waals surface area contributed by atoms with Gasteiger partial charge in [-0.25, -0.2) is 4.98 Å². The second kappa shape index (κ2) is 4.44. The Morgan fingerprint density at radius 2 is 2.22 bits per heavy atom. The van der Waals surface area contributed by atoms with Crippen LogP contribution in [0.3, 0.4) is 0 Å². The number of fused-ring (bicyclic) bond motifs is 1. The number of H-pyrrole nitrogens is 1. The molecule has 0 radical (unpaired) electrons. The molecule has 0 bridgehead atoms. The Bertz CT molecular complexity index is 538. The highest BCUT2D eigenvalue weighted by Gasteiger charge is 2.28. The number of aromatic amines is 1. The Labute approximate surface area is 106 Å². The Balaban J connectivity index is 1.73. The van der Waals surface area contributed by atoms with Crippen molar-refractivity contribution in [2.45, 2.75) is 25.8 Å². The molecule has 0 atom stereocenters. The summed E-state index contributed by atoms with van der Waals surface area (Å²) >= 11 is 0. The van der Waals surface area contributed by atoms with Gasteiger partial charge in [0.15, 0.2) is 0 Å². The fraction of sp³-hybridized carbons (Fsp3) is 0.429. The van der Waals surface area contributed by atoms with E-state index in [2.05, 4.69) is 9.97 Å². The third-order valence-electron chi connectivity index (χ3n) is 3.66. The van der Waals surface area contributed by atoms with Crippen molar-refractivity contribution in [3.8, 4) is 0 Å². The number of nitrogens with one attached hydrogen (secondary N) is 1. The number of imidazole rings is 1. The molecule has 4 nitrogen and oxygen atoms in total. The quantitative estimate of drug-likeness (QED) is 0.899. The van der Waals surface area contributed by atoms with Crippen molar-refractivity contribution in [1.82, 2.24) is 14.9 Å². The van der Waals surface area contributed by atoms with Gasteiger partial charge in [-0.05, 0) is 25.0 Å². The second-order valence-corrected chi connectivity index (χ2v) is 5.02. The van der Waals surface area contributed by atoms with Gasteiger partial charge in [0.05, 0.1) is 17.6 Å². The highest BCUT2D eigenvalue weighted by Crippen LogP contribution is 2.28. The van der Waals surface area contributed by atoms with Crippen molar-refractivity contribution in [2.75, 3.05) is 7.05 Å². The van der Waals surface area contributed by atoms with E-state index in [1.54, 1.807) is 4.90 Å². The summed E-state index contributed by atoms with van der Waals surface area (Å²) in [5, 5.41) is 0. The third kappa shape index (κ3) is 1.98. The highest BCUT2D eigenvalue weighted by atomic mass is 16.2. The van der Waals surface area contributed by atoms with E-state index in [4.69, 9.17) is 0 Å². The zero-order valence-corrected chi connectivity index (χ0v) is 10.5. The van der Waals surface area contributed by atoms with Gasteiger partial charge in [-0.3, -0.25) is 4.79 Å². The minimum absolute atomic E-state index is 0.249. The molecule has 1 aliphatic carbocycles. The van der Waals surface area contributed by atoms with Crippen molar-refractivity contribution >= 4 is 16.9 Å². The van der Waals surface area contributed by atoms with Crippen LogP contribution in [0.1, 0.15) is 25.1 Å². The SMILES string of the molecule is CN(Cc1nc2ccccc2[nH]1)C(=O)C1CCC1. The van der Waals surface area contributed by atoms with Gasteiger partial charge < -0.3 is 9.88 Å². The number of hydrogen-bond acceptors (Lipinski definition) is 2. The number of benzene rings is 1. The number of carbonyl (C=O) groups excluding carboxylic acids is 1. The Hall–Kier alpha value is -1.84. The monoisotopic (exact) mass is 243 g/mol. The van der Waals surface area contributed by atoms with Crippen LogP contribution in [-0.2, 0) is 11.3 Å². The van der Waals surface area contributed by atoms with E-state index in [0.29, 0.717) is 6.54 Å². The van der Waals surface area contributed by atoms with Crippen LogP contribution < -0.4 is 0 Å². The van der Waals surface area contributed by atoms with Crippen LogP contribution >= 0.6 is 0 Å². The minimum Gasteiger partial charge on any atom is -0.340 e. The summed E-state index contributed by atoms with van der Waals surface area (Å²) in [5.41, 5.74) is 1.98. The maximum Gasteiger partial charge on any atom is 0.225 e. The first-order valence-electron chi connectivity index (χ1n) is 6.42. The summed E-state index contributed by atoms with van der Waals surface area (Å²) in [6.07, 6.45) is 3.28. The van der Waals surface area contributed by atoms with Crippen LogP contribution in [0.2, 0.25) is 0 Å². The number of aromatic nitrogens is 2. The van der Waals surface area contributed by atoms with Gasteiger partial charge in [-0.1, -0.05) is 18.6 Å². The lowest BCUT2D eigenvalue weighted by Crippen LogP contribution is -2.35. The predicted molar refractivity (Wildman–Crippen MR) is 69.9 cm³/mol. The van der Waals surface area contributed by atoms with Crippen LogP contribution in [0.5, 0.6) is 0 Å². The maximum atomic E-state index is 12.0. The molecule has 4 heteroatoms. The van der Waals surface area contributed by atoms with Crippen molar-refractivity contribution < 1.29 is 4.79 Å². The van der Waals surface area contributed by atoms with E-state index in [9.17, 15) is 4.79 Å². The molecule has 1 saturated carbocycles. The Kier molecular flexibility index (Phi) is 2.78. The summed E-state index contributed by atoms with van der Waals surface area (Å²) < 4.78 is 0. The summed E-state index contributed by atoms with van der Waals surface area (Å²) in [6, 6.07) is 7.92. The van der Waals surface area contributed by atoms with Crippen LogP contribution in [0.15, 0.2) is 24.3 Å². The molecule has 0 aliphatic heterocycles. The molecule has 2 aromatic rings. The molecule has 1 aromatic heterocycles. The molecule has 1 aromatic carbocycles. The molecular weight excluding hydrogens is 226 g/mol. The van der Waals surface area contributed by atoms with E-state index >= 15 is 0 Å².